The van der Waals surface area contributed by atoms with E-state index in [1.807, 2.05) is 18.2 Å². The van der Waals surface area contributed by atoms with Gasteiger partial charge >= 0.3 is 0 Å². The van der Waals surface area contributed by atoms with Crippen LogP contribution in [0.4, 0.5) is 0 Å². The molecule has 0 aliphatic rings. The van der Waals surface area contributed by atoms with Crippen molar-refractivity contribution in [2.45, 2.75) is 12.3 Å². The highest BCUT2D eigenvalue weighted by Crippen LogP contribution is 2.20. The van der Waals surface area contributed by atoms with Gasteiger partial charge in [0.1, 0.15) is 5.78 Å². The van der Waals surface area contributed by atoms with Crippen LogP contribution >= 0.6 is 50.1 Å². The van der Waals surface area contributed by atoms with Crippen LogP contribution < -0.4 is 0 Å². The summed E-state index contributed by atoms with van der Waals surface area (Å²) in [6.45, 7) is 0. The van der Waals surface area contributed by atoms with Crippen LogP contribution in [0.15, 0.2) is 18.2 Å². The molecule has 0 heterocycles. The van der Waals surface area contributed by atoms with Gasteiger partial charge in [0.2, 0.25) is 0 Å². The van der Waals surface area contributed by atoms with Crippen LogP contribution in [0.3, 0.4) is 0 Å². The summed E-state index contributed by atoms with van der Waals surface area (Å²) in [6.07, 6.45) is 0.462. The zero-order valence-corrected chi connectivity index (χ0v) is 11.9. The Morgan fingerprint density at radius 2 is 2.21 bits per heavy atom. The summed E-state index contributed by atoms with van der Waals surface area (Å²) >= 11 is 11.2. The highest BCUT2D eigenvalue weighted by atomic mass is 127. The fourth-order valence-electron chi connectivity index (χ4n) is 1.18. The van der Waals surface area contributed by atoms with Crippen LogP contribution in [-0.2, 0) is 17.1 Å². The van der Waals surface area contributed by atoms with Crippen LogP contribution in [0.1, 0.15) is 11.1 Å². The molecule has 76 valence electrons. The third kappa shape index (κ3) is 3.21. The first kappa shape index (κ1) is 12.5. The number of hydrogen-bond donors (Lipinski definition) is 0. The van der Waals surface area contributed by atoms with Crippen LogP contribution in [0.25, 0.3) is 0 Å². The van der Waals surface area contributed by atoms with Gasteiger partial charge in [0, 0.05) is 15.9 Å². The molecule has 14 heavy (non-hydrogen) atoms. The number of ketones is 1. The summed E-state index contributed by atoms with van der Waals surface area (Å²) in [7, 11) is 0. The third-order valence-corrected chi connectivity index (χ3v) is 3.79. The molecule has 0 bridgehead atoms. The van der Waals surface area contributed by atoms with E-state index in [2.05, 4.69) is 38.5 Å². The summed E-state index contributed by atoms with van der Waals surface area (Å²) in [5.41, 5.74) is 2.11. The molecule has 0 unspecified atom stereocenters. The zero-order valence-electron chi connectivity index (χ0n) is 7.40. The fraction of sp³-hybridized carbons (Fsp3) is 0.300. The Labute approximate surface area is 110 Å². The van der Waals surface area contributed by atoms with Crippen molar-refractivity contribution in [1.29, 1.82) is 0 Å². The smallest absolute Gasteiger partial charge is 0.147 e. The number of halogens is 3. The Bertz CT molecular complexity index is 341. The summed E-state index contributed by atoms with van der Waals surface area (Å²) < 4.78 is 1.12. The van der Waals surface area contributed by atoms with Crippen LogP contribution in [0.5, 0.6) is 0 Å². The van der Waals surface area contributed by atoms with Crippen molar-refractivity contribution in [1.82, 2.24) is 0 Å². The van der Waals surface area contributed by atoms with Gasteiger partial charge in [-0.2, -0.15) is 0 Å². The molecule has 1 aromatic rings. The van der Waals surface area contributed by atoms with E-state index >= 15 is 0 Å². The minimum absolute atomic E-state index is 0.179. The second-order valence-electron chi connectivity index (χ2n) is 2.86. The lowest BCUT2D eigenvalue weighted by Gasteiger charge is -2.07. The number of carbonyl (C=O) groups excluding carboxylic acids is 1. The summed E-state index contributed by atoms with van der Waals surface area (Å²) in [4.78, 5) is 11.3. The average molecular weight is 387 g/mol. The molecule has 0 spiro atoms. The predicted molar refractivity (Wildman–Crippen MR) is 71.2 cm³/mol. The standard InChI is InChI=1S/C10H9BrClIO/c11-5-8(14)4-7-2-1-3-10(13)9(7)6-12/h1-3H,4-6H2. The third-order valence-electron chi connectivity index (χ3n) is 1.89. The van der Waals surface area contributed by atoms with E-state index < -0.39 is 0 Å². The second-order valence-corrected chi connectivity index (χ2v) is 4.85. The maximum atomic E-state index is 11.3. The van der Waals surface area contributed by atoms with Crippen LogP contribution in [0, 0.1) is 3.57 Å². The van der Waals surface area contributed by atoms with E-state index in [1.165, 1.54) is 0 Å². The molecular formula is C10H9BrClIO. The van der Waals surface area contributed by atoms with E-state index in [1.54, 1.807) is 0 Å². The van der Waals surface area contributed by atoms with Crippen molar-refractivity contribution >= 4 is 55.9 Å². The molecular weight excluding hydrogens is 378 g/mol. The van der Waals surface area contributed by atoms with Crippen molar-refractivity contribution in [3.63, 3.8) is 0 Å². The Balaban J connectivity index is 2.96. The number of alkyl halides is 2. The lowest BCUT2D eigenvalue weighted by Crippen LogP contribution is -2.06. The Hall–Kier alpha value is 0.390. The summed E-state index contributed by atoms with van der Waals surface area (Å²) in [5.74, 6) is 0.641. The molecule has 0 aliphatic heterocycles. The molecule has 0 radical (unpaired) electrons. The summed E-state index contributed by atoms with van der Waals surface area (Å²) in [6, 6.07) is 5.91. The Kier molecular flexibility index (Phi) is 5.41. The SMILES string of the molecule is O=C(CBr)Cc1cccc(I)c1CCl. The van der Waals surface area contributed by atoms with Gasteiger partial charge in [0.25, 0.3) is 0 Å². The van der Waals surface area contributed by atoms with Gasteiger partial charge in [0.05, 0.1) is 5.33 Å². The molecule has 4 heteroatoms. The molecule has 0 saturated carbocycles. The highest BCUT2D eigenvalue weighted by molar-refractivity contribution is 14.1. The maximum Gasteiger partial charge on any atom is 0.147 e. The number of carbonyl (C=O) groups is 1. The number of hydrogen-bond acceptors (Lipinski definition) is 1. The van der Waals surface area contributed by atoms with Gasteiger partial charge in [-0.05, 0) is 39.8 Å². The molecule has 0 fully saturated rings. The normalized spacial score (nSPS) is 10.2. The van der Waals surface area contributed by atoms with Crippen molar-refractivity contribution in [2.24, 2.45) is 0 Å². The topological polar surface area (TPSA) is 17.1 Å². The predicted octanol–water partition coefficient (Wildman–Crippen LogP) is 3.54. The van der Waals surface area contributed by atoms with Gasteiger partial charge in [-0.1, -0.05) is 28.1 Å². The van der Waals surface area contributed by atoms with Gasteiger partial charge in [0.15, 0.2) is 0 Å². The van der Waals surface area contributed by atoms with E-state index in [4.69, 9.17) is 11.6 Å². The quantitative estimate of drug-likeness (QED) is 0.571. The zero-order chi connectivity index (χ0) is 10.6. The molecule has 0 atom stereocenters. The van der Waals surface area contributed by atoms with Crippen molar-refractivity contribution in [3.05, 3.63) is 32.9 Å². The first-order valence-electron chi connectivity index (χ1n) is 4.09. The first-order valence-corrected chi connectivity index (χ1v) is 6.82. The molecule has 1 nitrogen and oxygen atoms in total. The molecule has 0 aromatic heterocycles. The van der Waals surface area contributed by atoms with Gasteiger partial charge < -0.3 is 0 Å². The highest BCUT2D eigenvalue weighted by Gasteiger charge is 2.08. The number of rotatable bonds is 4. The molecule has 1 aromatic carbocycles. The largest absolute Gasteiger partial charge is 0.298 e. The lowest BCUT2D eigenvalue weighted by molar-refractivity contribution is -0.115. The molecule has 0 N–H and O–H groups in total. The Morgan fingerprint density at radius 1 is 1.50 bits per heavy atom. The van der Waals surface area contributed by atoms with Gasteiger partial charge in [-0.3, -0.25) is 4.79 Å². The van der Waals surface area contributed by atoms with Gasteiger partial charge in [-0.15, -0.1) is 11.6 Å². The lowest BCUT2D eigenvalue weighted by atomic mass is 10.0. The Morgan fingerprint density at radius 3 is 2.79 bits per heavy atom. The molecule has 0 saturated heterocycles. The fourth-order valence-corrected chi connectivity index (χ4v) is 2.66. The van der Waals surface area contributed by atoms with Crippen molar-refractivity contribution in [2.75, 3.05) is 5.33 Å². The number of Topliss-reactive ketones (excluding diaryl/α,β-unsaturated/α-hetero) is 1. The first-order chi connectivity index (χ1) is 6.69. The second kappa shape index (κ2) is 6.08. The van der Waals surface area contributed by atoms with E-state index in [0.29, 0.717) is 17.6 Å². The average Bonchev–Trinajstić information content (AvgIpc) is 2.18. The minimum Gasteiger partial charge on any atom is -0.298 e. The monoisotopic (exact) mass is 386 g/mol. The van der Waals surface area contributed by atoms with Crippen molar-refractivity contribution < 1.29 is 4.79 Å². The molecule has 1 rings (SSSR count). The molecule has 0 amide bonds. The summed E-state index contributed by atoms with van der Waals surface area (Å²) in [5, 5.41) is 0.403. The van der Waals surface area contributed by atoms with E-state index in [-0.39, 0.29) is 5.78 Å². The van der Waals surface area contributed by atoms with E-state index in [9.17, 15) is 4.79 Å². The van der Waals surface area contributed by atoms with E-state index in [0.717, 1.165) is 14.7 Å². The van der Waals surface area contributed by atoms with Crippen molar-refractivity contribution in [3.8, 4) is 0 Å². The maximum absolute atomic E-state index is 11.3. The van der Waals surface area contributed by atoms with Crippen LogP contribution in [0.2, 0.25) is 0 Å². The molecule has 0 aliphatic carbocycles. The van der Waals surface area contributed by atoms with Gasteiger partial charge in [-0.25, -0.2) is 0 Å². The number of benzene rings is 1. The van der Waals surface area contributed by atoms with Crippen LogP contribution in [-0.4, -0.2) is 11.1 Å². The minimum atomic E-state index is 0.179.